The number of hydrogen-bond acceptors (Lipinski definition) is 4. The first kappa shape index (κ1) is 18.2. The second kappa shape index (κ2) is 8.63. The molecule has 25 heavy (non-hydrogen) atoms. The Morgan fingerprint density at radius 3 is 2.44 bits per heavy atom. The molecule has 0 aliphatic carbocycles. The molecule has 0 atom stereocenters. The van der Waals surface area contributed by atoms with Crippen molar-refractivity contribution in [2.75, 3.05) is 13.7 Å². The number of hydrazone groups is 1. The molecule has 2 amide bonds. The van der Waals surface area contributed by atoms with Crippen molar-refractivity contribution in [2.45, 2.75) is 13.8 Å². The summed E-state index contributed by atoms with van der Waals surface area (Å²) in [6, 6.07) is 12.6. The van der Waals surface area contributed by atoms with Crippen LogP contribution in [0.4, 0.5) is 0 Å². The Hall–Kier alpha value is -3.15. The predicted molar refractivity (Wildman–Crippen MR) is 97.0 cm³/mol. The van der Waals surface area contributed by atoms with E-state index in [0.29, 0.717) is 5.56 Å². The third kappa shape index (κ3) is 5.46. The molecule has 0 heterocycles. The van der Waals surface area contributed by atoms with Crippen LogP contribution in [0.25, 0.3) is 0 Å². The number of aryl methyl sites for hydroxylation is 2. The number of amides is 2. The minimum Gasteiger partial charge on any atom is -0.497 e. The van der Waals surface area contributed by atoms with Crippen molar-refractivity contribution in [3.05, 3.63) is 64.7 Å². The van der Waals surface area contributed by atoms with E-state index in [0.717, 1.165) is 22.4 Å². The number of carbonyl (C=O) groups excluding carboxylic acids is 2. The second-order valence-electron chi connectivity index (χ2n) is 5.55. The summed E-state index contributed by atoms with van der Waals surface area (Å²) in [4.78, 5) is 23.8. The van der Waals surface area contributed by atoms with E-state index in [1.807, 2.05) is 32.0 Å². The molecule has 0 saturated heterocycles. The largest absolute Gasteiger partial charge is 0.497 e. The van der Waals surface area contributed by atoms with Crippen molar-refractivity contribution in [2.24, 2.45) is 5.10 Å². The number of hydrogen-bond donors (Lipinski definition) is 2. The van der Waals surface area contributed by atoms with Gasteiger partial charge in [-0.3, -0.25) is 9.59 Å². The number of ether oxygens (including phenoxy) is 1. The van der Waals surface area contributed by atoms with Gasteiger partial charge in [-0.05, 0) is 66.9 Å². The lowest BCUT2D eigenvalue weighted by atomic mass is 10.1. The Morgan fingerprint density at radius 2 is 1.80 bits per heavy atom. The zero-order valence-corrected chi connectivity index (χ0v) is 14.5. The summed E-state index contributed by atoms with van der Waals surface area (Å²) in [5, 5.41) is 6.42. The first-order valence-electron chi connectivity index (χ1n) is 7.81. The van der Waals surface area contributed by atoms with Crippen molar-refractivity contribution in [3.8, 4) is 5.75 Å². The normalized spacial score (nSPS) is 10.5. The van der Waals surface area contributed by atoms with Crippen LogP contribution in [0.3, 0.4) is 0 Å². The van der Waals surface area contributed by atoms with Crippen molar-refractivity contribution in [1.82, 2.24) is 10.7 Å². The Bertz CT molecular complexity index is 783. The number of carbonyl (C=O) groups is 2. The van der Waals surface area contributed by atoms with Crippen LogP contribution in [0.5, 0.6) is 5.75 Å². The molecule has 130 valence electrons. The molecule has 2 aromatic rings. The highest BCUT2D eigenvalue weighted by atomic mass is 16.5. The molecule has 0 fully saturated rings. The molecule has 2 rings (SSSR count). The van der Waals surface area contributed by atoms with Gasteiger partial charge >= 0.3 is 0 Å². The molecule has 0 unspecified atom stereocenters. The molecule has 0 saturated carbocycles. The van der Waals surface area contributed by atoms with Gasteiger partial charge in [0.2, 0.25) is 0 Å². The van der Waals surface area contributed by atoms with Gasteiger partial charge in [0, 0.05) is 5.56 Å². The Morgan fingerprint density at radius 1 is 1.08 bits per heavy atom. The smallest absolute Gasteiger partial charge is 0.259 e. The summed E-state index contributed by atoms with van der Waals surface area (Å²) in [6.07, 6.45) is 1.52. The van der Waals surface area contributed by atoms with Gasteiger partial charge in [0.25, 0.3) is 11.8 Å². The minimum absolute atomic E-state index is 0.147. The lowest BCUT2D eigenvalue weighted by molar-refractivity contribution is -0.120. The van der Waals surface area contributed by atoms with Crippen molar-refractivity contribution in [1.29, 1.82) is 0 Å². The van der Waals surface area contributed by atoms with Crippen LogP contribution in [-0.4, -0.2) is 31.7 Å². The summed E-state index contributed by atoms with van der Waals surface area (Å²) in [7, 11) is 1.59. The fraction of sp³-hybridized carbons (Fsp3) is 0.211. The minimum atomic E-state index is -0.401. The molecule has 2 aromatic carbocycles. The van der Waals surface area contributed by atoms with Crippen LogP contribution in [0.1, 0.15) is 27.0 Å². The highest BCUT2D eigenvalue weighted by Crippen LogP contribution is 2.10. The summed E-state index contributed by atoms with van der Waals surface area (Å²) >= 11 is 0. The molecule has 0 radical (unpaired) electrons. The predicted octanol–water partition coefficient (Wildman–Crippen LogP) is 2.19. The van der Waals surface area contributed by atoms with Gasteiger partial charge in [-0.25, -0.2) is 5.43 Å². The fourth-order valence-electron chi connectivity index (χ4n) is 2.05. The van der Waals surface area contributed by atoms with Gasteiger partial charge in [-0.1, -0.05) is 6.07 Å². The van der Waals surface area contributed by atoms with E-state index >= 15 is 0 Å². The molecule has 0 bridgehead atoms. The van der Waals surface area contributed by atoms with E-state index in [1.165, 1.54) is 6.21 Å². The second-order valence-corrected chi connectivity index (χ2v) is 5.55. The number of rotatable bonds is 6. The molecule has 0 aliphatic rings. The first-order valence-corrected chi connectivity index (χ1v) is 7.81. The average molecular weight is 339 g/mol. The zero-order chi connectivity index (χ0) is 18.2. The maximum absolute atomic E-state index is 12.0. The van der Waals surface area contributed by atoms with Gasteiger partial charge in [-0.2, -0.15) is 5.10 Å². The summed E-state index contributed by atoms with van der Waals surface area (Å²) in [6.45, 7) is 3.77. The molecule has 6 nitrogen and oxygen atoms in total. The third-order valence-electron chi connectivity index (χ3n) is 3.70. The van der Waals surface area contributed by atoms with Crippen molar-refractivity contribution < 1.29 is 14.3 Å². The van der Waals surface area contributed by atoms with Crippen molar-refractivity contribution in [3.63, 3.8) is 0 Å². The molecule has 0 aliphatic heterocycles. The van der Waals surface area contributed by atoms with E-state index in [-0.39, 0.29) is 12.5 Å². The van der Waals surface area contributed by atoms with Crippen LogP contribution in [0.15, 0.2) is 47.6 Å². The number of benzene rings is 2. The van der Waals surface area contributed by atoms with Crippen LogP contribution in [0, 0.1) is 13.8 Å². The molecule has 2 N–H and O–H groups in total. The van der Waals surface area contributed by atoms with E-state index in [4.69, 9.17) is 4.74 Å². The monoisotopic (exact) mass is 339 g/mol. The molecule has 6 heteroatoms. The maximum atomic E-state index is 12.0. The standard InChI is InChI=1S/C19H21N3O3/c1-13-4-7-16(10-14(13)2)19(24)20-12-18(23)22-21-11-15-5-8-17(25-3)9-6-15/h4-11H,12H2,1-3H3,(H,20,24)(H,22,23)/b21-11-. The molecular formula is C19H21N3O3. The lowest BCUT2D eigenvalue weighted by Crippen LogP contribution is -2.34. The van der Waals surface area contributed by atoms with Crippen LogP contribution in [0.2, 0.25) is 0 Å². The topological polar surface area (TPSA) is 79.8 Å². The first-order chi connectivity index (χ1) is 12.0. The van der Waals surface area contributed by atoms with Gasteiger partial charge in [0.15, 0.2) is 0 Å². The molecular weight excluding hydrogens is 318 g/mol. The number of nitrogens with zero attached hydrogens (tertiary/aromatic N) is 1. The summed E-state index contributed by atoms with van der Waals surface area (Å²) in [5.74, 6) is 0.0505. The SMILES string of the molecule is COc1ccc(/C=N\NC(=O)CNC(=O)c2ccc(C)c(C)c2)cc1. The number of methoxy groups -OCH3 is 1. The molecule has 0 aromatic heterocycles. The lowest BCUT2D eigenvalue weighted by Gasteiger charge is -2.06. The van der Waals surface area contributed by atoms with Gasteiger partial charge in [-0.15, -0.1) is 0 Å². The van der Waals surface area contributed by atoms with Crippen LogP contribution < -0.4 is 15.5 Å². The van der Waals surface area contributed by atoms with Crippen molar-refractivity contribution >= 4 is 18.0 Å². The van der Waals surface area contributed by atoms with Crippen LogP contribution in [-0.2, 0) is 4.79 Å². The van der Waals surface area contributed by atoms with E-state index in [1.54, 1.807) is 31.4 Å². The van der Waals surface area contributed by atoms with E-state index < -0.39 is 5.91 Å². The molecule has 0 spiro atoms. The summed E-state index contributed by atoms with van der Waals surface area (Å²) < 4.78 is 5.06. The Balaban J connectivity index is 1.80. The summed E-state index contributed by atoms with van der Waals surface area (Å²) in [5.41, 5.74) is 5.86. The van der Waals surface area contributed by atoms with Gasteiger partial charge < -0.3 is 10.1 Å². The average Bonchev–Trinajstić information content (AvgIpc) is 2.62. The maximum Gasteiger partial charge on any atom is 0.259 e. The number of nitrogens with one attached hydrogen (secondary N) is 2. The Labute approximate surface area is 146 Å². The Kier molecular flexibility index (Phi) is 6.28. The highest BCUT2D eigenvalue weighted by Gasteiger charge is 2.08. The highest BCUT2D eigenvalue weighted by molar-refractivity contribution is 5.96. The van der Waals surface area contributed by atoms with Gasteiger partial charge in [0.1, 0.15) is 5.75 Å². The van der Waals surface area contributed by atoms with Crippen LogP contribution >= 0.6 is 0 Å². The van der Waals surface area contributed by atoms with Gasteiger partial charge in [0.05, 0.1) is 19.9 Å². The fourth-order valence-corrected chi connectivity index (χ4v) is 2.05. The van der Waals surface area contributed by atoms with E-state index in [2.05, 4.69) is 15.8 Å². The third-order valence-corrected chi connectivity index (χ3v) is 3.70. The quantitative estimate of drug-likeness (QED) is 0.625. The van der Waals surface area contributed by atoms with E-state index in [9.17, 15) is 9.59 Å². The zero-order valence-electron chi connectivity index (χ0n) is 14.5.